The average molecular weight is 373 g/mol. The number of carbonyl (C=O) groups excluding carboxylic acids is 1. The molecule has 0 aliphatic carbocycles. The average Bonchev–Trinajstić information content (AvgIpc) is 3.08. The molecule has 1 atom stereocenters. The molecule has 5 nitrogen and oxygen atoms in total. The van der Waals surface area contributed by atoms with Crippen LogP contribution in [0.3, 0.4) is 0 Å². The van der Waals surface area contributed by atoms with Crippen LogP contribution in [0, 0.1) is 5.82 Å². The molecule has 2 aromatic carbocycles. The number of halogens is 2. The summed E-state index contributed by atoms with van der Waals surface area (Å²) in [6, 6.07) is 11.5. The lowest BCUT2D eigenvalue weighted by Crippen LogP contribution is -2.22. The van der Waals surface area contributed by atoms with Crippen molar-refractivity contribution >= 4 is 17.6 Å². The molecule has 4 rings (SSSR count). The molecule has 0 spiro atoms. The van der Waals surface area contributed by atoms with Gasteiger partial charge >= 0.3 is 5.97 Å². The van der Waals surface area contributed by atoms with Gasteiger partial charge in [-0.3, -0.25) is 9.36 Å². The maximum atomic E-state index is 13.7. The highest BCUT2D eigenvalue weighted by Crippen LogP contribution is 2.38. The summed E-state index contributed by atoms with van der Waals surface area (Å²) in [6.07, 6.45) is 1.18. The van der Waals surface area contributed by atoms with Crippen LogP contribution in [0.4, 0.5) is 4.39 Å². The fourth-order valence-electron chi connectivity index (χ4n) is 2.93. The predicted molar refractivity (Wildman–Crippen MR) is 94.0 cm³/mol. The number of rotatable bonds is 3. The Kier molecular flexibility index (Phi) is 4.12. The fourth-order valence-corrected chi connectivity index (χ4v) is 3.05. The summed E-state index contributed by atoms with van der Waals surface area (Å²) in [6.45, 7) is 0. The molecule has 0 radical (unpaired) electrons. The van der Waals surface area contributed by atoms with Crippen molar-refractivity contribution in [2.24, 2.45) is 0 Å². The molecule has 0 amide bonds. The molecule has 0 saturated carbocycles. The highest BCUT2D eigenvalue weighted by molar-refractivity contribution is 6.30. The second-order valence-corrected chi connectivity index (χ2v) is 6.30. The first-order chi connectivity index (χ1) is 12.5. The van der Waals surface area contributed by atoms with E-state index in [0.717, 1.165) is 5.56 Å². The van der Waals surface area contributed by atoms with Crippen LogP contribution in [-0.4, -0.2) is 22.6 Å². The number of imidazole rings is 1. The minimum absolute atomic E-state index is 0.00435. The van der Waals surface area contributed by atoms with Crippen LogP contribution in [0.5, 0.6) is 5.75 Å². The summed E-state index contributed by atoms with van der Waals surface area (Å²) in [7, 11) is 1.32. The summed E-state index contributed by atoms with van der Waals surface area (Å²) >= 11 is 5.94. The molecule has 1 aliphatic heterocycles. The molecule has 0 bridgehead atoms. The van der Waals surface area contributed by atoms with Crippen LogP contribution in [0.2, 0.25) is 5.02 Å². The second kappa shape index (κ2) is 6.46. The van der Waals surface area contributed by atoms with Gasteiger partial charge in [-0.1, -0.05) is 23.7 Å². The number of aromatic nitrogens is 2. The van der Waals surface area contributed by atoms with E-state index in [4.69, 9.17) is 21.1 Å². The smallest absolute Gasteiger partial charge is 0.309 e. The third-order valence-corrected chi connectivity index (χ3v) is 4.44. The van der Waals surface area contributed by atoms with Gasteiger partial charge in [0.05, 0.1) is 24.9 Å². The fraction of sp³-hybridized carbons (Fsp3) is 0.158. The molecular formula is C19H14ClFN2O3. The second-order valence-electron chi connectivity index (χ2n) is 5.86. The normalized spacial score (nSPS) is 15.0. The van der Waals surface area contributed by atoms with Gasteiger partial charge in [0, 0.05) is 22.8 Å². The molecule has 0 fully saturated rings. The molecule has 7 heteroatoms. The van der Waals surface area contributed by atoms with Crippen molar-refractivity contribution in [2.75, 3.05) is 7.11 Å². The number of hydrogen-bond acceptors (Lipinski definition) is 4. The quantitative estimate of drug-likeness (QED) is 0.642. The van der Waals surface area contributed by atoms with Crippen molar-refractivity contribution in [1.29, 1.82) is 0 Å². The summed E-state index contributed by atoms with van der Waals surface area (Å²) in [4.78, 5) is 16.4. The number of methoxy groups -OCH3 is 1. The maximum absolute atomic E-state index is 13.7. The molecule has 0 N–H and O–H groups in total. The van der Waals surface area contributed by atoms with Crippen LogP contribution in [0.25, 0.3) is 16.9 Å². The Balaban J connectivity index is 1.83. The highest BCUT2D eigenvalue weighted by Gasteiger charge is 2.31. The minimum Gasteiger partial charge on any atom is -0.480 e. The predicted octanol–water partition coefficient (Wildman–Crippen LogP) is 4.33. The molecule has 3 aromatic rings. The van der Waals surface area contributed by atoms with E-state index in [1.54, 1.807) is 29.0 Å². The monoisotopic (exact) mass is 372 g/mol. The first-order valence-corrected chi connectivity index (χ1v) is 8.31. The molecule has 1 aliphatic rings. The van der Waals surface area contributed by atoms with E-state index in [1.165, 1.54) is 19.2 Å². The Labute approximate surface area is 153 Å². The van der Waals surface area contributed by atoms with Crippen molar-refractivity contribution in [1.82, 2.24) is 9.55 Å². The van der Waals surface area contributed by atoms with Crippen molar-refractivity contribution in [3.8, 4) is 22.7 Å². The number of hydrogen-bond donors (Lipinski definition) is 0. The van der Waals surface area contributed by atoms with E-state index in [-0.39, 0.29) is 12.2 Å². The van der Waals surface area contributed by atoms with Crippen molar-refractivity contribution in [3.63, 3.8) is 0 Å². The van der Waals surface area contributed by atoms with Gasteiger partial charge in [-0.25, -0.2) is 9.37 Å². The van der Waals surface area contributed by atoms with E-state index in [9.17, 15) is 9.18 Å². The van der Waals surface area contributed by atoms with Crippen LogP contribution >= 0.6 is 11.6 Å². The van der Waals surface area contributed by atoms with E-state index < -0.39 is 12.1 Å². The van der Waals surface area contributed by atoms with E-state index in [1.807, 2.05) is 12.1 Å². The van der Waals surface area contributed by atoms with Gasteiger partial charge in [0.1, 0.15) is 11.6 Å². The van der Waals surface area contributed by atoms with Crippen LogP contribution in [0.1, 0.15) is 18.3 Å². The minimum atomic E-state index is -0.624. The lowest BCUT2D eigenvalue weighted by molar-refractivity contribution is -0.142. The van der Waals surface area contributed by atoms with Crippen molar-refractivity contribution in [2.45, 2.75) is 12.5 Å². The Hall–Kier alpha value is -2.86. The Bertz CT molecular complexity index is 985. The number of benzene rings is 2. The van der Waals surface area contributed by atoms with Crippen LogP contribution < -0.4 is 4.74 Å². The first kappa shape index (κ1) is 16.6. The maximum Gasteiger partial charge on any atom is 0.309 e. The van der Waals surface area contributed by atoms with Gasteiger partial charge in [-0.15, -0.1) is 0 Å². The molecule has 2 heterocycles. The van der Waals surface area contributed by atoms with Gasteiger partial charge in [-0.05, 0) is 24.3 Å². The Morgan fingerprint density at radius 1 is 1.31 bits per heavy atom. The highest BCUT2D eigenvalue weighted by atomic mass is 35.5. The van der Waals surface area contributed by atoms with E-state index in [0.29, 0.717) is 28.0 Å². The van der Waals surface area contributed by atoms with E-state index >= 15 is 0 Å². The zero-order chi connectivity index (χ0) is 18.3. The Morgan fingerprint density at radius 2 is 2.08 bits per heavy atom. The zero-order valence-electron chi connectivity index (χ0n) is 13.8. The molecule has 132 valence electrons. The lowest BCUT2D eigenvalue weighted by Gasteiger charge is -2.26. The largest absolute Gasteiger partial charge is 0.480 e. The first-order valence-electron chi connectivity index (χ1n) is 7.94. The topological polar surface area (TPSA) is 53.4 Å². The Morgan fingerprint density at radius 3 is 2.81 bits per heavy atom. The summed E-state index contributed by atoms with van der Waals surface area (Å²) in [5.41, 5.74) is 2.06. The number of esters is 1. The van der Waals surface area contributed by atoms with Gasteiger partial charge < -0.3 is 9.47 Å². The third-order valence-electron chi connectivity index (χ3n) is 4.19. The molecule has 0 saturated heterocycles. The summed E-state index contributed by atoms with van der Waals surface area (Å²) < 4.78 is 26.1. The van der Waals surface area contributed by atoms with Gasteiger partial charge in [0.15, 0.2) is 11.9 Å². The van der Waals surface area contributed by atoms with Crippen molar-refractivity contribution in [3.05, 3.63) is 65.3 Å². The van der Waals surface area contributed by atoms with Gasteiger partial charge in [0.2, 0.25) is 0 Å². The lowest BCUT2D eigenvalue weighted by atomic mass is 10.1. The van der Waals surface area contributed by atoms with Crippen molar-refractivity contribution < 1.29 is 18.7 Å². The molecule has 1 aromatic heterocycles. The van der Waals surface area contributed by atoms with E-state index in [2.05, 4.69) is 4.98 Å². The van der Waals surface area contributed by atoms with Gasteiger partial charge in [-0.2, -0.15) is 0 Å². The zero-order valence-corrected chi connectivity index (χ0v) is 14.5. The number of nitrogens with zero attached hydrogens (tertiary/aromatic N) is 2. The van der Waals surface area contributed by atoms with Crippen LogP contribution in [0.15, 0.2) is 48.7 Å². The summed E-state index contributed by atoms with van der Waals surface area (Å²) in [5, 5.41) is 0.622. The molecule has 26 heavy (non-hydrogen) atoms. The van der Waals surface area contributed by atoms with Crippen LogP contribution in [-0.2, 0) is 9.53 Å². The summed E-state index contributed by atoms with van der Waals surface area (Å²) in [5.74, 6) is 0.195. The standard InChI is InChI=1S/C19H14ClFN2O3/c1-25-18(24)9-17-19-22-14(11-2-4-12(20)5-3-11)10-23(19)15-8-13(21)6-7-16(15)26-17/h2-8,10,17H,9H2,1H3/t17-/m0/s1. The number of fused-ring (bicyclic) bond motifs is 3. The SMILES string of the molecule is COC(=O)C[C@@H]1Oc2ccc(F)cc2-n2cc(-c3ccc(Cl)cc3)nc21. The third kappa shape index (κ3) is 2.93. The molecule has 0 unspecified atom stereocenters. The number of carbonyl (C=O) groups is 1. The number of ether oxygens (including phenoxy) is 2. The van der Waals surface area contributed by atoms with Gasteiger partial charge in [0.25, 0.3) is 0 Å². The molecular weight excluding hydrogens is 359 g/mol.